The molecule has 3 heteroatoms. The molecule has 112 valence electrons. The van der Waals surface area contributed by atoms with E-state index < -0.39 is 0 Å². The largest absolute Gasteiger partial charge is 0.460 e. The molecule has 0 saturated carbocycles. The maximum absolute atomic E-state index is 5.97. The third-order valence-corrected chi connectivity index (χ3v) is 5.07. The van der Waals surface area contributed by atoms with Crippen LogP contribution in [-0.2, 0) is 6.54 Å². The smallest absolute Gasteiger partial charge is 0.134 e. The molecule has 2 aliphatic rings. The molecule has 2 saturated heterocycles. The molecule has 0 aliphatic carbocycles. The van der Waals surface area contributed by atoms with Crippen molar-refractivity contribution in [1.82, 2.24) is 10.2 Å². The average molecular weight is 284 g/mol. The molecule has 3 heterocycles. The number of piperidine rings is 1. The first-order valence-electron chi connectivity index (χ1n) is 8.32. The SMILES string of the molecule is c1ccc2oc(CN3CCCC(C4CCCN4)C3)cc2c1. The van der Waals surface area contributed by atoms with E-state index in [0.717, 1.165) is 29.8 Å². The van der Waals surface area contributed by atoms with Gasteiger partial charge >= 0.3 is 0 Å². The summed E-state index contributed by atoms with van der Waals surface area (Å²) in [5.74, 6) is 1.93. The van der Waals surface area contributed by atoms with Crippen LogP contribution in [0.5, 0.6) is 0 Å². The number of furan rings is 1. The molecule has 2 unspecified atom stereocenters. The van der Waals surface area contributed by atoms with Crippen LogP contribution in [-0.4, -0.2) is 30.6 Å². The van der Waals surface area contributed by atoms with Gasteiger partial charge in [-0.15, -0.1) is 0 Å². The van der Waals surface area contributed by atoms with Crippen LogP contribution in [0.4, 0.5) is 0 Å². The lowest BCUT2D eigenvalue weighted by atomic mass is 9.90. The molecule has 0 amide bonds. The summed E-state index contributed by atoms with van der Waals surface area (Å²) in [6.07, 6.45) is 5.42. The van der Waals surface area contributed by atoms with Crippen LogP contribution in [0.1, 0.15) is 31.4 Å². The normalized spacial score (nSPS) is 27.4. The predicted octanol–water partition coefficient (Wildman–Crippen LogP) is 3.40. The minimum Gasteiger partial charge on any atom is -0.460 e. The highest BCUT2D eigenvalue weighted by Crippen LogP contribution is 2.27. The van der Waals surface area contributed by atoms with Crippen molar-refractivity contribution < 1.29 is 4.42 Å². The minimum absolute atomic E-state index is 0.753. The summed E-state index contributed by atoms with van der Waals surface area (Å²) in [5, 5.41) is 4.90. The molecular weight excluding hydrogens is 260 g/mol. The van der Waals surface area contributed by atoms with Crippen molar-refractivity contribution in [3.63, 3.8) is 0 Å². The molecule has 0 spiro atoms. The zero-order valence-corrected chi connectivity index (χ0v) is 12.6. The summed E-state index contributed by atoms with van der Waals surface area (Å²) in [5.41, 5.74) is 1.01. The summed E-state index contributed by atoms with van der Waals surface area (Å²) < 4.78 is 5.97. The standard InChI is InChI=1S/C18H24N2O/c1-2-8-18-14(5-1)11-16(21-18)13-20-10-4-6-15(12-20)17-7-3-9-19-17/h1-2,5,8,11,15,17,19H,3-4,6-7,9-10,12-13H2. The van der Waals surface area contributed by atoms with Crippen molar-refractivity contribution >= 4 is 11.0 Å². The van der Waals surface area contributed by atoms with Crippen molar-refractivity contribution in [2.24, 2.45) is 5.92 Å². The predicted molar refractivity (Wildman–Crippen MR) is 85.2 cm³/mol. The number of likely N-dealkylation sites (tertiary alicyclic amines) is 1. The highest BCUT2D eigenvalue weighted by atomic mass is 16.3. The first-order valence-corrected chi connectivity index (χ1v) is 8.32. The van der Waals surface area contributed by atoms with Gasteiger partial charge in [0.2, 0.25) is 0 Å². The van der Waals surface area contributed by atoms with Crippen LogP contribution in [0.2, 0.25) is 0 Å². The molecule has 2 aromatic rings. The molecule has 1 N–H and O–H groups in total. The number of hydrogen-bond donors (Lipinski definition) is 1. The molecule has 1 aromatic heterocycles. The molecule has 0 radical (unpaired) electrons. The van der Waals surface area contributed by atoms with Gasteiger partial charge in [0.15, 0.2) is 0 Å². The number of nitrogens with one attached hydrogen (secondary N) is 1. The van der Waals surface area contributed by atoms with Gasteiger partial charge in [-0.1, -0.05) is 18.2 Å². The summed E-state index contributed by atoms with van der Waals surface area (Å²) in [6, 6.07) is 11.3. The van der Waals surface area contributed by atoms with Gasteiger partial charge in [0, 0.05) is 18.0 Å². The Morgan fingerprint density at radius 2 is 2.14 bits per heavy atom. The van der Waals surface area contributed by atoms with Gasteiger partial charge in [-0.05, 0) is 56.8 Å². The van der Waals surface area contributed by atoms with E-state index in [1.54, 1.807) is 0 Å². The number of nitrogens with zero attached hydrogens (tertiary/aromatic N) is 1. The number of hydrogen-bond acceptors (Lipinski definition) is 3. The van der Waals surface area contributed by atoms with Gasteiger partial charge < -0.3 is 9.73 Å². The maximum atomic E-state index is 5.97. The van der Waals surface area contributed by atoms with Crippen LogP contribution in [0.25, 0.3) is 11.0 Å². The molecule has 1 aromatic carbocycles. The fraction of sp³-hybridized carbons (Fsp3) is 0.556. The summed E-state index contributed by atoms with van der Waals surface area (Å²) in [4.78, 5) is 2.58. The molecule has 2 atom stereocenters. The second-order valence-corrected chi connectivity index (χ2v) is 6.59. The van der Waals surface area contributed by atoms with Crippen LogP contribution < -0.4 is 5.32 Å². The third-order valence-electron chi connectivity index (χ3n) is 5.07. The number of rotatable bonds is 3. The lowest BCUT2D eigenvalue weighted by molar-refractivity contribution is 0.138. The molecule has 2 aliphatic heterocycles. The first-order chi connectivity index (χ1) is 10.4. The Bertz CT molecular complexity index is 567. The van der Waals surface area contributed by atoms with Crippen molar-refractivity contribution in [1.29, 1.82) is 0 Å². The van der Waals surface area contributed by atoms with E-state index in [9.17, 15) is 0 Å². The van der Waals surface area contributed by atoms with Crippen molar-refractivity contribution in [3.05, 3.63) is 36.1 Å². The Kier molecular flexibility index (Phi) is 3.70. The summed E-state index contributed by atoms with van der Waals surface area (Å²) in [7, 11) is 0. The first kappa shape index (κ1) is 13.4. The second-order valence-electron chi connectivity index (χ2n) is 6.59. The van der Waals surface area contributed by atoms with Crippen molar-refractivity contribution in [2.45, 2.75) is 38.3 Å². The highest BCUT2D eigenvalue weighted by Gasteiger charge is 2.29. The van der Waals surface area contributed by atoms with Gasteiger partial charge in [-0.2, -0.15) is 0 Å². The van der Waals surface area contributed by atoms with Gasteiger partial charge in [-0.25, -0.2) is 0 Å². The van der Waals surface area contributed by atoms with Crippen LogP contribution in [0.15, 0.2) is 34.7 Å². The molecule has 3 nitrogen and oxygen atoms in total. The van der Waals surface area contributed by atoms with E-state index >= 15 is 0 Å². The number of benzene rings is 1. The van der Waals surface area contributed by atoms with Gasteiger partial charge in [0.25, 0.3) is 0 Å². The quantitative estimate of drug-likeness (QED) is 0.936. The summed E-state index contributed by atoms with van der Waals surface area (Å²) in [6.45, 7) is 4.59. The number of fused-ring (bicyclic) bond motifs is 1. The number of para-hydroxylation sites is 1. The Hall–Kier alpha value is -1.32. The van der Waals surface area contributed by atoms with E-state index in [1.807, 2.05) is 6.07 Å². The van der Waals surface area contributed by atoms with E-state index in [2.05, 4.69) is 34.5 Å². The fourth-order valence-corrected chi connectivity index (χ4v) is 4.01. The molecule has 21 heavy (non-hydrogen) atoms. The lowest BCUT2D eigenvalue weighted by Crippen LogP contribution is -2.43. The Labute approximate surface area is 126 Å². The zero-order chi connectivity index (χ0) is 14.1. The molecule has 4 rings (SSSR count). The monoisotopic (exact) mass is 284 g/mol. The summed E-state index contributed by atoms with van der Waals surface area (Å²) >= 11 is 0. The highest BCUT2D eigenvalue weighted by molar-refractivity contribution is 5.77. The van der Waals surface area contributed by atoms with Gasteiger partial charge in [-0.3, -0.25) is 4.90 Å². The second kappa shape index (κ2) is 5.82. The van der Waals surface area contributed by atoms with Crippen LogP contribution in [0.3, 0.4) is 0 Å². The van der Waals surface area contributed by atoms with E-state index in [-0.39, 0.29) is 0 Å². The topological polar surface area (TPSA) is 28.4 Å². The van der Waals surface area contributed by atoms with Crippen molar-refractivity contribution in [2.75, 3.05) is 19.6 Å². The van der Waals surface area contributed by atoms with E-state index in [0.29, 0.717) is 0 Å². The van der Waals surface area contributed by atoms with Gasteiger partial charge in [0.1, 0.15) is 11.3 Å². The van der Waals surface area contributed by atoms with Crippen LogP contribution >= 0.6 is 0 Å². The zero-order valence-electron chi connectivity index (χ0n) is 12.6. The lowest BCUT2D eigenvalue weighted by Gasteiger charge is -2.35. The minimum atomic E-state index is 0.753. The maximum Gasteiger partial charge on any atom is 0.134 e. The van der Waals surface area contributed by atoms with Crippen LogP contribution in [0, 0.1) is 5.92 Å². The Morgan fingerprint density at radius 3 is 3.00 bits per heavy atom. The Balaban J connectivity index is 1.43. The van der Waals surface area contributed by atoms with Crippen molar-refractivity contribution in [3.8, 4) is 0 Å². The van der Waals surface area contributed by atoms with E-state index in [4.69, 9.17) is 4.42 Å². The Morgan fingerprint density at radius 1 is 1.19 bits per heavy atom. The molecule has 2 fully saturated rings. The fourth-order valence-electron chi connectivity index (χ4n) is 4.01. The molecule has 0 bridgehead atoms. The third kappa shape index (κ3) is 2.85. The molecular formula is C18H24N2O. The van der Waals surface area contributed by atoms with E-state index in [1.165, 1.54) is 50.7 Å². The van der Waals surface area contributed by atoms with Gasteiger partial charge in [0.05, 0.1) is 6.54 Å². The average Bonchev–Trinajstić information content (AvgIpc) is 3.16.